The Morgan fingerprint density at radius 1 is 1.00 bits per heavy atom. The summed E-state index contributed by atoms with van der Waals surface area (Å²) >= 11 is 0. The van der Waals surface area contributed by atoms with E-state index in [2.05, 4.69) is 24.3 Å². The number of benzene rings is 2. The maximum absolute atomic E-state index is 12.9. The van der Waals surface area contributed by atoms with Gasteiger partial charge in [-0.25, -0.2) is 0 Å². The summed E-state index contributed by atoms with van der Waals surface area (Å²) < 4.78 is 12.9. The van der Waals surface area contributed by atoms with E-state index in [1.165, 1.54) is 0 Å². The standard InChI is InChI=1S/C20H27N2O2P/c1-16(2)14-19(21-15-17-10-6-4-7-11-17)20(23)22-25(3,24)18-12-8-5-9-13-18/h4-13,16,19,21H,14-15H2,1-3H3,(H,22,23,24)/t19?,25-/m1/s1. The van der Waals surface area contributed by atoms with E-state index >= 15 is 0 Å². The van der Waals surface area contributed by atoms with Crippen LogP contribution in [0, 0.1) is 5.92 Å². The molecule has 0 aliphatic heterocycles. The topological polar surface area (TPSA) is 58.2 Å². The third kappa shape index (κ3) is 6.15. The summed E-state index contributed by atoms with van der Waals surface area (Å²) in [6, 6.07) is 18.7. The summed E-state index contributed by atoms with van der Waals surface area (Å²) in [5, 5.41) is 6.74. The van der Waals surface area contributed by atoms with Crippen molar-refractivity contribution in [1.29, 1.82) is 0 Å². The highest BCUT2D eigenvalue weighted by Crippen LogP contribution is 2.34. The van der Waals surface area contributed by atoms with Crippen LogP contribution in [-0.2, 0) is 15.9 Å². The third-order valence-electron chi connectivity index (χ3n) is 3.99. The highest BCUT2D eigenvalue weighted by molar-refractivity contribution is 7.69. The molecule has 5 heteroatoms. The average molecular weight is 358 g/mol. The first-order valence-corrected chi connectivity index (χ1v) is 10.8. The smallest absolute Gasteiger partial charge is 0.242 e. The van der Waals surface area contributed by atoms with E-state index in [9.17, 15) is 9.36 Å². The van der Waals surface area contributed by atoms with Crippen molar-refractivity contribution >= 4 is 18.5 Å². The molecule has 2 N–H and O–H groups in total. The lowest BCUT2D eigenvalue weighted by Crippen LogP contribution is -2.44. The van der Waals surface area contributed by atoms with Crippen molar-refractivity contribution in [2.24, 2.45) is 5.92 Å². The summed E-state index contributed by atoms with van der Waals surface area (Å²) in [6.07, 6.45) is 0.688. The quantitative estimate of drug-likeness (QED) is 0.710. The van der Waals surface area contributed by atoms with Crippen molar-refractivity contribution in [2.45, 2.75) is 32.9 Å². The van der Waals surface area contributed by atoms with Gasteiger partial charge in [-0.2, -0.15) is 0 Å². The normalized spacial score (nSPS) is 14.7. The first kappa shape index (κ1) is 19.4. The Labute approximate surface area is 150 Å². The van der Waals surface area contributed by atoms with Crippen LogP contribution in [0.4, 0.5) is 0 Å². The van der Waals surface area contributed by atoms with Crippen LogP contribution in [0.25, 0.3) is 0 Å². The van der Waals surface area contributed by atoms with Crippen molar-refractivity contribution in [2.75, 3.05) is 6.66 Å². The van der Waals surface area contributed by atoms with Gasteiger partial charge in [0, 0.05) is 18.5 Å². The Morgan fingerprint density at radius 2 is 1.56 bits per heavy atom. The molecule has 0 heterocycles. The molecule has 0 aliphatic rings. The Morgan fingerprint density at radius 3 is 2.12 bits per heavy atom. The second-order valence-corrected chi connectivity index (χ2v) is 9.37. The molecule has 0 spiro atoms. The van der Waals surface area contributed by atoms with E-state index in [-0.39, 0.29) is 11.9 Å². The van der Waals surface area contributed by atoms with Crippen molar-refractivity contribution < 1.29 is 9.36 Å². The Balaban J connectivity index is 2.06. The zero-order valence-corrected chi connectivity index (χ0v) is 16.0. The van der Waals surface area contributed by atoms with Gasteiger partial charge in [0.2, 0.25) is 5.91 Å². The lowest BCUT2D eigenvalue weighted by Gasteiger charge is -2.23. The van der Waals surface area contributed by atoms with Crippen molar-refractivity contribution in [3.05, 3.63) is 66.2 Å². The molecule has 2 aromatic carbocycles. The van der Waals surface area contributed by atoms with Crippen LogP contribution in [0.15, 0.2) is 60.7 Å². The number of hydrogen-bond donors (Lipinski definition) is 2. The summed E-state index contributed by atoms with van der Waals surface area (Å²) in [5.74, 6) is 0.145. The van der Waals surface area contributed by atoms with Crippen molar-refractivity contribution in [3.63, 3.8) is 0 Å². The average Bonchev–Trinajstić information content (AvgIpc) is 2.59. The number of hydrogen-bond acceptors (Lipinski definition) is 3. The molecule has 2 atom stereocenters. The molecule has 0 aliphatic carbocycles. The minimum Gasteiger partial charge on any atom is -0.302 e. The van der Waals surface area contributed by atoms with Crippen LogP contribution in [-0.4, -0.2) is 18.6 Å². The summed E-state index contributed by atoms with van der Waals surface area (Å²) in [4.78, 5) is 12.7. The van der Waals surface area contributed by atoms with Gasteiger partial charge in [0.15, 0.2) is 7.29 Å². The molecule has 0 bridgehead atoms. The molecule has 2 rings (SSSR count). The molecule has 134 valence electrons. The molecule has 0 saturated carbocycles. The van der Waals surface area contributed by atoms with Gasteiger partial charge in [0.25, 0.3) is 0 Å². The highest BCUT2D eigenvalue weighted by Gasteiger charge is 2.26. The molecule has 0 saturated heterocycles. The van der Waals surface area contributed by atoms with Crippen molar-refractivity contribution in [3.8, 4) is 0 Å². The van der Waals surface area contributed by atoms with E-state index in [0.717, 1.165) is 5.56 Å². The molecule has 25 heavy (non-hydrogen) atoms. The number of amides is 1. The SMILES string of the molecule is CC(C)CC(NCc1ccccc1)C(=O)N[P@](C)(=O)c1ccccc1. The Hall–Kier alpha value is -1.90. The van der Waals surface area contributed by atoms with Gasteiger partial charge in [0.1, 0.15) is 0 Å². The third-order valence-corrected chi connectivity index (χ3v) is 5.92. The molecular formula is C20H27N2O2P. The highest BCUT2D eigenvalue weighted by atomic mass is 31.2. The first-order chi connectivity index (χ1) is 11.9. The molecule has 4 nitrogen and oxygen atoms in total. The van der Waals surface area contributed by atoms with E-state index in [4.69, 9.17) is 0 Å². The van der Waals surface area contributed by atoms with Gasteiger partial charge >= 0.3 is 0 Å². The second kappa shape index (κ2) is 8.98. The Kier molecular flexibility index (Phi) is 6.98. The fraction of sp³-hybridized carbons (Fsp3) is 0.350. The predicted octanol–water partition coefficient (Wildman–Crippen LogP) is 3.54. The lowest BCUT2D eigenvalue weighted by molar-refractivity contribution is -0.121. The molecule has 1 amide bonds. The monoisotopic (exact) mass is 358 g/mol. The molecule has 0 aromatic heterocycles. The fourth-order valence-electron chi connectivity index (χ4n) is 2.66. The van der Waals surface area contributed by atoms with Crippen LogP contribution in [0.3, 0.4) is 0 Å². The van der Waals surface area contributed by atoms with Crippen LogP contribution in [0.5, 0.6) is 0 Å². The van der Waals surface area contributed by atoms with Gasteiger partial charge in [0.05, 0.1) is 6.04 Å². The molecule has 2 aromatic rings. The van der Waals surface area contributed by atoms with E-state index in [1.807, 2.05) is 48.5 Å². The van der Waals surface area contributed by atoms with E-state index in [1.54, 1.807) is 18.8 Å². The fourth-order valence-corrected chi connectivity index (χ4v) is 4.10. The first-order valence-electron chi connectivity index (χ1n) is 8.61. The molecule has 0 fully saturated rings. The van der Waals surface area contributed by atoms with E-state index < -0.39 is 7.29 Å². The maximum atomic E-state index is 12.9. The van der Waals surface area contributed by atoms with E-state index in [0.29, 0.717) is 24.2 Å². The minimum absolute atomic E-state index is 0.209. The van der Waals surface area contributed by atoms with Crippen LogP contribution < -0.4 is 15.7 Å². The van der Waals surface area contributed by atoms with Crippen LogP contribution >= 0.6 is 7.29 Å². The molecule has 0 radical (unpaired) electrons. The van der Waals surface area contributed by atoms with Crippen molar-refractivity contribution in [1.82, 2.24) is 10.4 Å². The number of nitrogens with one attached hydrogen (secondary N) is 2. The van der Waals surface area contributed by atoms with Gasteiger partial charge in [-0.05, 0) is 30.0 Å². The lowest BCUT2D eigenvalue weighted by atomic mass is 10.0. The maximum Gasteiger partial charge on any atom is 0.242 e. The molecule has 1 unspecified atom stereocenters. The van der Waals surface area contributed by atoms with Gasteiger partial charge in [-0.3, -0.25) is 9.36 Å². The van der Waals surface area contributed by atoms with Gasteiger partial charge in [-0.1, -0.05) is 62.4 Å². The predicted molar refractivity (Wildman–Crippen MR) is 104 cm³/mol. The zero-order valence-electron chi connectivity index (χ0n) is 15.1. The summed E-state index contributed by atoms with van der Waals surface area (Å²) in [5.41, 5.74) is 1.12. The van der Waals surface area contributed by atoms with Gasteiger partial charge < -0.3 is 10.4 Å². The second-order valence-electron chi connectivity index (χ2n) is 6.78. The number of rotatable bonds is 8. The number of carbonyl (C=O) groups is 1. The summed E-state index contributed by atoms with van der Waals surface area (Å²) in [7, 11) is -2.93. The van der Waals surface area contributed by atoms with Crippen LogP contribution in [0.2, 0.25) is 0 Å². The summed E-state index contributed by atoms with van der Waals surface area (Å²) in [6.45, 7) is 6.36. The minimum atomic E-state index is -2.93. The number of carbonyl (C=O) groups excluding carboxylic acids is 1. The largest absolute Gasteiger partial charge is 0.302 e. The van der Waals surface area contributed by atoms with Crippen LogP contribution in [0.1, 0.15) is 25.8 Å². The zero-order chi connectivity index (χ0) is 18.3. The Bertz CT molecular complexity index is 717. The van der Waals surface area contributed by atoms with Gasteiger partial charge in [-0.15, -0.1) is 0 Å². The molecular weight excluding hydrogens is 331 g/mol.